The lowest BCUT2D eigenvalue weighted by atomic mass is 9.48. The minimum atomic E-state index is -3.78. The topological polar surface area (TPSA) is 96.0 Å². The maximum Gasteiger partial charge on any atom is 0.244 e. The van der Waals surface area contributed by atoms with Crippen molar-refractivity contribution in [3.8, 4) is 5.75 Å². The Morgan fingerprint density at radius 3 is 2.02 bits per heavy atom. The largest absolute Gasteiger partial charge is 0.497 e. The van der Waals surface area contributed by atoms with E-state index in [1.165, 1.54) is 53.3 Å². The number of carbonyl (C=O) groups excluding carboxylic acids is 2. The van der Waals surface area contributed by atoms with E-state index >= 15 is 0 Å². The van der Waals surface area contributed by atoms with E-state index in [-0.39, 0.29) is 30.5 Å². The Hall–Kier alpha value is -3.07. The maximum absolute atomic E-state index is 14.0. The van der Waals surface area contributed by atoms with Crippen LogP contribution in [0.5, 0.6) is 5.75 Å². The number of anilines is 1. The van der Waals surface area contributed by atoms with Crippen molar-refractivity contribution in [2.45, 2.75) is 95.2 Å². The summed E-state index contributed by atoms with van der Waals surface area (Å²) in [6.07, 6.45) is 13.0. The molecule has 0 radical (unpaired) electrons. The van der Waals surface area contributed by atoms with Crippen LogP contribution >= 0.6 is 0 Å². The van der Waals surface area contributed by atoms with E-state index in [4.69, 9.17) is 4.74 Å². The van der Waals surface area contributed by atoms with Crippen molar-refractivity contribution in [1.82, 2.24) is 10.2 Å². The Labute approximate surface area is 262 Å². The SMILES string of the molecule is COc1ccc(CN(C(=O)CN(c2ccc(C34CC5CC(CC(C5)C3)C4)cc2)S(C)(=O)=O)C(C)C(=O)NC2CCCC2)cc1. The van der Waals surface area contributed by atoms with E-state index in [0.717, 1.165) is 55.3 Å². The molecule has 2 aromatic carbocycles. The second-order valence-electron chi connectivity index (χ2n) is 14.1. The van der Waals surface area contributed by atoms with Gasteiger partial charge in [-0.15, -0.1) is 0 Å². The van der Waals surface area contributed by atoms with Gasteiger partial charge in [0.15, 0.2) is 0 Å². The summed E-state index contributed by atoms with van der Waals surface area (Å²) in [5, 5.41) is 3.11. The molecule has 0 aliphatic heterocycles. The van der Waals surface area contributed by atoms with E-state index in [2.05, 4.69) is 17.4 Å². The van der Waals surface area contributed by atoms with E-state index in [1.807, 2.05) is 36.4 Å². The maximum atomic E-state index is 14.0. The molecule has 7 rings (SSSR count). The summed E-state index contributed by atoms with van der Waals surface area (Å²) in [6, 6.07) is 14.6. The molecular weight excluding hydrogens is 574 g/mol. The number of hydrogen-bond acceptors (Lipinski definition) is 5. The van der Waals surface area contributed by atoms with Crippen LogP contribution in [0.15, 0.2) is 48.5 Å². The molecule has 0 aromatic heterocycles. The van der Waals surface area contributed by atoms with Crippen molar-refractivity contribution < 1.29 is 22.7 Å². The summed E-state index contributed by atoms with van der Waals surface area (Å²) < 4.78 is 32.7. The molecule has 1 atom stereocenters. The Morgan fingerprint density at radius 1 is 0.932 bits per heavy atom. The van der Waals surface area contributed by atoms with Crippen LogP contribution in [0.2, 0.25) is 0 Å². The van der Waals surface area contributed by atoms with Crippen LogP contribution in [0.1, 0.15) is 82.3 Å². The number of benzene rings is 2. The highest BCUT2D eigenvalue weighted by Crippen LogP contribution is 2.60. The van der Waals surface area contributed by atoms with Crippen molar-refractivity contribution in [3.05, 3.63) is 59.7 Å². The van der Waals surface area contributed by atoms with Gasteiger partial charge >= 0.3 is 0 Å². The van der Waals surface area contributed by atoms with Gasteiger partial charge in [-0.05, 0) is 117 Å². The summed E-state index contributed by atoms with van der Waals surface area (Å²) in [7, 11) is -2.19. The average Bonchev–Trinajstić information content (AvgIpc) is 3.50. The molecule has 1 N–H and O–H groups in total. The summed E-state index contributed by atoms with van der Waals surface area (Å²) >= 11 is 0. The number of nitrogens with one attached hydrogen (secondary N) is 1. The highest BCUT2D eigenvalue weighted by atomic mass is 32.2. The minimum Gasteiger partial charge on any atom is -0.497 e. The smallest absolute Gasteiger partial charge is 0.244 e. The van der Waals surface area contributed by atoms with Crippen molar-refractivity contribution in [3.63, 3.8) is 0 Å². The number of rotatable bonds is 11. The minimum absolute atomic E-state index is 0.114. The van der Waals surface area contributed by atoms with Crippen molar-refractivity contribution in [1.29, 1.82) is 0 Å². The molecule has 0 saturated heterocycles. The quantitative estimate of drug-likeness (QED) is 0.362. The first-order valence-corrected chi connectivity index (χ1v) is 18.2. The van der Waals surface area contributed by atoms with E-state index in [9.17, 15) is 18.0 Å². The third-order valence-electron chi connectivity index (χ3n) is 10.9. The molecule has 9 heteroatoms. The summed E-state index contributed by atoms with van der Waals surface area (Å²) in [6.45, 7) is 1.51. The number of hydrogen-bond donors (Lipinski definition) is 1. The van der Waals surface area contributed by atoms with Crippen LogP contribution in [0, 0.1) is 17.8 Å². The van der Waals surface area contributed by atoms with Crippen molar-refractivity contribution >= 4 is 27.5 Å². The lowest BCUT2D eigenvalue weighted by Gasteiger charge is -2.57. The van der Waals surface area contributed by atoms with Crippen LogP contribution in [-0.2, 0) is 31.6 Å². The zero-order valence-corrected chi connectivity index (χ0v) is 27.2. The van der Waals surface area contributed by atoms with Crippen LogP contribution in [0.25, 0.3) is 0 Å². The van der Waals surface area contributed by atoms with Gasteiger partial charge < -0.3 is 15.0 Å². The number of amides is 2. The van der Waals surface area contributed by atoms with Crippen molar-refractivity contribution in [2.75, 3.05) is 24.2 Å². The molecule has 1 unspecified atom stereocenters. The van der Waals surface area contributed by atoms with Crippen LogP contribution in [-0.4, -0.2) is 57.1 Å². The monoisotopic (exact) mass is 621 g/mol. The van der Waals surface area contributed by atoms with E-state index in [0.29, 0.717) is 11.4 Å². The van der Waals surface area contributed by atoms with Crippen LogP contribution in [0.4, 0.5) is 5.69 Å². The van der Waals surface area contributed by atoms with Crippen molar-refractivity contribution in [2.24, 2.45) is 17.8 Å². The first kappa shape index (κ1) is 30.9. The molecule has 44 heavy (non-hydrogen) atoms. The Bertz CT molecular complexity index is 1410. The fraction of sp³-hybridized carbons (Fsp3) is 0.600. The number of ether oxygens (including phenoxy) is 1. The van der Waals surface area contributed by atoms with Gasteiger partial charge in [0, 0.05) is 12.6 Å². The van der Waals surface area contributed by atoms with Gasteiger partial charge in [0.25, 0.3) is 0 Å². The standard InChI is InChI=1S/C35H47N3O5S/c1-24(34(40)36-30-6-4-5-7-30)37(22-25-8-14-32(43-2)15-9-25)33(39)23-38(44(3,41)42)31-12-10-29(11-13-31)35-19-26-16-27(20-35)18-28(17-26)21-35/h8-15,24,26-28,30H,4-7,16-23H2,1-3H3,(H,36,40). The van der Waals surface area contributed by atoms with Gasteiger partial charge in [0.05, 0.1) is 19.1 Å². The average molecular weight is 622 g/mol. The molecule has 2 aromatic rings. The van der Waals surface area contributed by atoms with Gasteiger partial charge in [-0.25, -0.2) is 8.42 Å². The number of carbonyl (C=O) groups is 2. The number of nitrogens with zero attached hydrogens (tertiary/aromatic N) is 2. The zero-order valence-electron chi connectivity index (χ0n) is 26.3. The Balaban J connectivity index is 1.22. The third kappa shape index (κ3) is 6.49. The fourth-order valence-electron chi connectivity index (χ4n) is 8.96. The molecule has 5 aliphatic carbocycles. The summed E-state index contributed by atoms with van der Waals surface area (Å²) in [4.78, 5) is 28.8. The molecule has 2 amide bonds. The van der Waals surface area contributed by atoms with E-state index < -0.39 is 22.0 Å². The summed E-state index contributed by atoms with van der Waals surface area (Å²) in [5.74, 6) is 2.50. The number of methoxy groups -OCH3 is 1. The van der Waals surface area contributed by atoms with Gasteiger partial charge in [-0.2, -0.15) is 0 Å². The van der Waals surface area contributed by atoms with Crippen LogP contribution < -0.4 is 14.4 Å². The lowest BCUT2D eigenvalue weighted by molar-refractivity contribution is -0.139. The Kier molecular flexibility index (Phi) is 8.70. The molecule has 8 nitrogen and oxygen atoms in total. The molecule has 238 valence electrons. The highest BCUT2D eigenvalue weighted by Gasteiger charge is 2.51. The van der Waals surface area contributed by atoms with Gasteiger partial charge in [0.1, 0.15) is 18.3 Å². The predicted molar refractivity (Wildman–Crippen MR) is 172 cm³/mol. The molecule has 5 fully saturated rings. The van der Waals surface area contributed by atoms with Gasteiger partial charge in [0.2, 0.25) is 21.8 Å². The second kappa shape index (κ2) is 12.4. The highest BCUT2D eigenvalue weighted by molar-refractivity contribution is 7.92. The molecule has 0 spiro atoms. The van der Waals surface area contributed by atoms with Gasteiger partial charge in [-0.3, -0.25) is 13.9 Å². The molecular formula is C35H47N3O5S. The first-order chi connectivity index (χ1) is 21.0. The zero-order chi connectivity index (χ0) is 31.1. The lowest BCUT2D eigenvalue weighted by Crippen LogP contribution is -2.52. The summed E-state index contributed by atoms with van der Waals surface area (Å²) in [5.41, 5.74) is 2.81. The van der Waals surface area contributed by atoms with E-state index in [1.54, 1.807) is 14.0 Å². The predicted octanol–water partition coefficient (Wildman–Crippen LogP) is 5.41. The molecule has 4 bridgehead atoms. The van der Waals surface area contributed by atoms with Gasteiger partial charge in [-0.1, -0.05) is 37.1 Å². The Morgan fingerprint density at radius 2 is 1.50 bits per heavy atom. The third-order valence-corrected chi connectivity index (χ3v) is 12.0. The number of sulfonamides is 1. The first-order valence-electron chi connectivity index (χ1n) is 16.3. The second-order valence-corrected chi connectivity index (χ2v) is 16.0. The normalized spacial score (nSPS) is 26.8. The molecule has 5 saturated carbocycles. The van der Waals surface area contributed by atoms with Crippen LogP contribution in [0.3, 0.4) is 0 Å². The molecule has 0 heterocycles. The molecule has 5 aliphatic rings. The fourth-order valence-corrected chi connectivity index (χ4v) is 9.81.